The third-order valence-corrected chi connectivity index (χ3v) is 5.36. The Morgan fingerprint density at radius 2 is 1.71 bits per heavy atom. The number of carbonyl (C=O) groups is 1. The first-order valence-corrected chi connectivity index (χ1v) is 10.1. The number of aliphatic imine (C=N–C) groups is 1. The number of nitrogens with zero attached hydrogens (tertiary/aromatic N) is 1. The Morgan fingerprint density at radius 1 is 0.935 bits per heavy atom. The van der Waals surface area contributed by atoms with E-state index in [-0.39, 0.29) is 5.56 Å². The van der Waals surface area contributed by atoms with E-state index in [1.54, 1.807) is 24.3 Å². The quantitative estimate of drug-likeness (QED) is 0.371. The van der Waals surface area contributed by atoms with Gasteiger partial charge in [-0.15, -0.1) is 0 Å². The van der Waals surface area contributed by atoms with Gasteiger partial charge in [-0.25, -0.2) is 4.79 Å². The Labute approximate surface area is 181 Å². The van der Waals surface area contributed by atoms with Crippen LogP contribution in [0.25, 0.3) is 10.8 Å². The topological polar surface area (TPSA) is 58.9 Å². The van der Waals surface area contributed by atoms with Gasteiger partial charge in [-0.1, -0.05) is 48.5 Å². The zero-order valence-corrected chi connectivity index (χ0v) is 17.5. The maximum Gasteiger partial charge on any atom is 0.335 e. The summed E-state index contributed by atoms with van der Waals surface area (Å²) in [5.41, 5.74) is 5.41. The molecule has 154 valence electrons. The Morgan fingerprint density at radius 3 is 2.45 bits per heavy atom. The van der Waals surface area contributed by atoms with Crippen molar-refractivity contribution in [2.75, 3.05) is 0 Å². The fraction of sp³-hybridized carbons (Fsp3) is 0.111. The highest BCUT2D eigenvalue weighted by Crippen LogP contribution is 2.28. The van der Waals surface area contributed by atoms with E-state index in [9.17, 15) is 4.79 Å². The molecule has 0 aliphatic heterocycles. The van der Waals surface area contributed by atoms with E-state index in [0.29, 0.717) is 6.61 Å². The van der Waals surface area contributed by atoms with Gasteiger partial charge < -0.3 is 9.84 Å². The van der Waals surface area contributed by atoms with Gasteiger partial charge in [0.1, 0.15) is 12.4 Å². The first-order chi connectivity index (χ1) is 15.0. The molecule has 0 amide bonds. The number of fused-ring (bicyclic) bond motifs is 1. The normalized spacial score (nSPS) is 11.2. The van der Waals surface area contributed by atoms with E-state index in [0.717, 1.165) is 33.3 Å². The average Bonchev–Trinajstić information content (AvgIpc) is 2.79. The van der Waals surface area contributed by atoms with Crippen molar-refractivity contribution in [2.45, 2.75) is 20.5 Å². The predicted octanol–water partition coefficient (Wildman–Crippen LogP) is 6.48. The standard InChI is InChI=1S/C27H23NO3/c1-18-7-13-23(15-19(18)2)28-16-25-24-6-4-3-5-21(24)12-14-26(25)31-17-20-8-10-22(11-9-20)27(29)30/h3-16H,17H2,1-2H3,(H,29,30). The minimum absolute atomic E-state index is 0.260. The molecule has 31 heavy (non-hydrogen) atoms. The highest BCUT2D eigenvalue weighted by molar-refractivity contribution is 6.03. The number of carboxylic acid groups (broad SMARTS) is 1. The number of carboxylic acids is 1. The van der Waals surface area contributed by atoms with Gasteiger partial charge in [0.2, 0.25) is 0 Å². The molecule has 0 aromatic heterocycles. The molecular formula is C27H23NO3. The molecular weight excluding hydrogens is 386 g/mol. The molecule has 4 aromatic rings. The smallest absolute Gasteiger partial charge is 0.335 e. The summed E-state index contributed by atoms with van der Waals surface area (Å²) in [6, 6.07) is 25.0. The number of hydrogen-bond donors (Lipinski definition) is 1. The lowest BCUT2D eigenvalue weighted by Gasteiger charge is -2.12. The molecule has 4 nitrogen and oxygen atoms in total. The SMILES string of the molecule is Cc1ccc(N=Cc2c(OCc3ccc(C(=O)O)cc3)ccc3ccccc23)cc1C. The summed E-state index contributed by atoms with van der Waals surface area (Å²) in [5.74, 6) is -0.208. The van der Waals surface area contributed by atoms with Crippen LogP contribution in [0.1, 0.15) is 32.6 Å². The van der Waals surface area contributed by atoms with Crippen molar-refractivity contribution >= 4 is 28.6 Å². The maximum absolute atomic E-state index is 11.0. The first-order valence-electron chi connectivity index (χ1n) is 10.1. The van der Waals surface area contributed by atoms with Gasteiger partial charge in [0.15, 0.2) is 0 Å². The van der Waals surface area contributed by atoms with Gasteiger partial charge in [-0.2, -0.15) is 0 Å². The van der Waals surface area contributed by atoms with E-state index in [1.165, 1.54) is 11.1 Å². The van der Waals surface area contributed by atoms with Crippen LogP contribution in [0.2, 0.25) is 0 Å². The molecule has 4 rings (SSSR count). The zero-order chi connectivity index (χ0) is 21.8. The largest absolute Gasteiger partial charge is 0.488 e. The van der Waals surface area contributed by atoms with Gasteiger partial charge in [0.25, 0.3) is 0 Å². The molecule has 0 unspecified atom stereocenters. The van der Waals surface area contributed by atoms with E-state index in [4.69, 9.17) is 14.8 Å². The van der Waals surface area contributed by atoms with Crippen molar-refractivity contribution in [3.05, 3.63) is 107 Å². The number of hydrogen-bond acceptors (Lipinski definition) is 3. The van der Waals surface area contributed by atoms with E-state index in [2.05, 4.69) is 38.1 Å². The number of ether oxygens (including phenoxy) is 1. The monoisotopic (exact) mass is 409 g/mol. The second-order valence-electron chi connectivity index (χ2n) is 7.52. The lowest BCUT2D eigenvalue weighted by molar-refractivity contribution is 0.0697. The minimum Gasteiger partial charge on any atom is -0.488 e. The average molecular weight is 409 g/mol. The molecule has 4 heteroatoms. The van der Waals surface area contributed by atoms with Crippen molar-refractivity contribution < 1.29 is 14.6 Å². The molecule has 0 radical (unpaired) electrons. The fourth-order valence-corrected chi connectivity index (χ4v) is 3.38. The maximum atomic E-state index is 11.0. The predicted molar refractivity (Wildman–Crippen MR) is 125 cm³/mol. The molecule has 1 N–H and O–H groups in total. The van der Waals surface area contributed by atoms with E-state index < -0.39 is 5.97 Å². The molecule has 0 saturated carbocycles. The van der Waals surface area contributed by atoms with Crippen LogP contribution in [0.3, 0.4) is 0 Å². The molecule has 0 atom stereocenters. The van der Waals surface area contributed by atoms with Crippen molar-refractivity contribution in [3.63, 3.8) is 0 Å². The zero-order valence-electron chi connectivity index (χ0n) is 17.5. The summed E-state index contributed by atoms with van der Waals surface area (Å²) < 4.78 is 6.12. The molecule has 0 aliphatic carbocycles. The van der Waals surface area contributed by atoms with Crippen LogP contribution in [0.15, 0.2) is 83.9 Å². The molecule has 0 heterocycles. The Kier molecular flexibility index (Phi) is 5.80. The Balaban J connectivity index is 1.65. The van der Waals surface area contributed by atoms with Crippen LogP contribution < -0.4 is 4.74 Å². The summed E-state index contributed by atoms with van der Waals surface area (Å²) >= 11 is 0. The van der Waals surface area contributed by atoms with Crippen LogP contribution in [0.4, 0.5) is 5.69 Å². The van der Waals surface area contributed by atoms with Gasteiger partial charge in [0, 0.05) is 11.8 Å². The summed E-state index contributed by atoms with van der Waals surface area (Å²) in [6.45, 7) is 4.50. The van der Waals surface area contributed by atoms with E-state index in [1.807, 2.05) is 36.5 Å². The van der Waals surface area contributed by atoms with Crippen molar-refractivity contribution in [3.8, 4) is 5.75 Å². The van der Waals surface area contributed by atoms with Gasteiger partial charge in [-0.05, 0) is 71.6 Å². The lowest BCUT2D eigenvalue weighted by atomic mass is 10.0. The van der Waals surface area contributed by atoms with Crippen molar-refractivity contribution in [1.29, 1.82) is 0 Å². The molecule has 4 aromatic carbocycles. The summed E-state index contributed by atoms with van der Waals surface area (Å²) in [6.07, 6.45) is 1.86. The van der Waals surface area contributed by atoms with Crippen LogP contribution >= 0.6 is 0 Å². The van der Waals surface area contributed by atoms with Crippen LogP contribution in [0, 0.1) is 13.8 Å². The van der Waals surface area contributed by atoms with Crippen LogP contribution in [0.5, 0.6) is 5.75 Å². The van der Waals surface area contributed by atoms with Crippen LogP contribution in [-0.2, 0) is 6.61 Å². The number of aromatic carboxylic acids is 1. The summed E-state index contributed by atoms with van der Waals surface area (Å²) in [4.78, 5) is 15.7. The number of aryl methyl sites for hydroxylation is 2. The second kappa shape index (κ2) is 8.84. The summed E-state index contributed by atoms with van der Waals surface area (Å²) in [7, 11) is 0. The Hall–Kier alpha value is -3.92. The number of rotatable bonds is 6. The highest BCUT2D eigenvalue weighted by atomic mass is 16.5. The molecule has 0 spiro atoms. The van der Waals surface area contributed by atoms with Crippen LogP contribution in [-0.4, -0.2) is 17.3 Å². The number of benzene rings is 4. The van der Waals surface area contributed by atoms with Gasteiger partial charge in [0.05, 0.1) is 11.3 Å². The first kappa shape index (κ1) is 20.4. The third kappa shape index (κ3) is 4.64. The Bertz CT molecular complexity index is 1270. The van der Waals surface area contributed by atoms with Crippen molar-refractivity contribution in [1.82, 2.24) is 0 Å². The van der Waals surface area contributed by atoms with E-state index >= 15 is 0 Å². The second-order valence-corrected chi connectivity index (χ2v) is 7.52. The molecule has 0 bridgehead atoms. The lowest BCUT2D eigenvalue weighted by Crippen LogP contribution is -2.01. The minimum atomic E-state index is -0.938. The van der Waals surface area contributed by atoms with Gasteiger partial charge >= 0.3 is 5.97 Å². The third-order valence-electron chi connectivity index (χ3n) is 5.36. The molecule has 0 aliphatic rings. The fourth-order valence-electron chi connectivity index (χ4n) is 3.38. The molecule has 0 fully saturated rings. The summed E-state index contributed by atoms with van der Waals surface area (Å²) in [5, 5.41) is 11.2. The van der Waals surface area contributed by atoms with Gasteiger partial charge in [-0.3, -0.25) is 4.99 Å². The highest BCUT2D eigenvalue weighted by Gasteiger charge is 2.09. The van der Waals surface area contributed by atoms with Crippen molar-refractivity contribution in [2.24, 2.45) is 4.99 Å². The molecule has 0 saturated heterocycles.